The quantitative estimate of drug-likeness (QED) is 0.883. The summed E-state index contributed by atoms with van der Waals surface area (Å²) >= 11 is 0. The molecule has 0 aliphatic heterocycles. The van der Waals surface area contributed by atoms with Crippen molar-refractivity contribution in [2.24, 2.45) is 5.41 Å². The highest BCUT2D eigenvalue weighted by Crippen LogP contribution is 2.28. The van der Waals surface area contributed by atoms with Gasteiger partial charge in [0.2, 0.25) is 0 Å². The van der Waals surface area contributed by atoms with Gasteiger partial charge in [0.15, 0.2) is 0 Å². The lowest BCUT2D eigenvalue weighted by Gasteiger charge is -2.25. The summed E-state index contributed by atoms with van der Waals surface area (Å²) in [6, 6.07) is 3.37. The lowest BCUT2D eigenvalue weighted by atomic mass is 9.86. The summed E-state index contributed by atoms with van der Waals surface area (Å²) in [4.78, 5) is 0. The van der Waals surface area contributed by atoms with Gasteiger partial charge in [0, 0.05) is 18.7 Å². The molecule has 1 aromatic rings. The molecule has 1 aromatic heterocycles. The molecule has 1 aliphatic carbocycles. The van der Waals surface area contributed by atoms with Crippen LogP contribution in [0.25, 0.3) is 0 Å². The molecule has 1 unspecified atom stereocenters. The monoisotopic (exact) mass is 277 g/mol. The summed E-state index contributed by atoms with van der Waals surface area (Å²) in [5.74, 6) is 0. The van der Waals surface area contributed by atoms with Gasteiger partial charge in [-0.25, -0.2) is 0 Å². The first-order valence-corrected chi connectivity index (χ1v) is 8.19. The summed E-state index contributed by atoms with van der Waals surface area (Å²) in [7, 11) is 2.06. The molecular formula is C17H31N3. The minimum Gasteiger partial charge on any atom is -0.317 e. The molecule has 0 aromatic carbocycles. The van der Waals surface area contributed by atoms with Gasteiger partial charge in [0.1, 0.15) is 0 Å². The molecule has 0 spiro atoms. The molecule has 0 saturated heterocycles. The molecule has 1 saturated carbocycles. The van der Waals surface area contributed by atoms with Gasteiger partial charge in [0.05, 0.1) is 11.7 Å². The highest BCUT2D eigenvalue weighted by Gasteiger charge is 2.20. The van der Waals surface area contributed by atoms with E-state index in [1.807, 2.05) is 0 Å². The minimum atomic E-state index is 0.361. The molecule has 1 N–H and O–H groups in total. The van der Waals surface area contributed by atoms with E-state index in [9.17, 15) is 0 Å². The van der Waals surface area contributed by atoms with Crippen molar-refractivity contribution < 1.29 is 0 Å². The predicted molar refractivity (Wildman–Crippen MR) is 85.0 cm³/mol. The van der Waals surface area contributed by atoms with Gasteiger partial charge in [-0.1, -0.05) is 40.0 Å². The maximum Gasteiger partial charge on any atom is 0.0640 e. The molecule has 0 radical (unpaired) electrons. The van der Waals surface area contributed by atoms with E-state index in [-0.39, 0.29) is 0 Å². The van der Waals surface area contributed by atoms with Gasteiger partial charge < -0.3 is 5.32 Å². The maximum absolute atomic E-state index is 4.83. The van der Waals surface area contributed by atoms with E-state index in [2.05, 4.69) is 50.1 Å². The van der Waals surface area contributed by atoms with Gasteiger partial charge in [0.25, 0.3) is 0 Å². The summed E-state index contributed by atoms with van der Waals surface area (Å²) in [5, 5.41) is 8.27. The van der Waals surface area contributed by atoms with Crippen molar-refractivity contribution in [3.05, 3.63) is 18.0 Å². The first-order chi connectivity index (χ1) is 9.48. The van der Waals surface area contributed by atoms with Crippen molar-refractivity contribution in [1.29, 1.82) is 0 Å². The molecule has 1 atom stereocenters. The Kier molecular flexibility index (Phi) is 5.25. The number of nitrogens with zero attached hydrogens (tertiary/aromatic N) is 2. The Hall–Kier alpha value is -0.830. The van der Waals surface area contributed by atoms with Crippen LogP contribution in [0.2, 0.25) is 0 Å². The molecule has 1 aliphatic rings. The fourth-order valence-corrected chi connectivity index (χ4v) is 3.30. The van der Waals surface area contributed by atoms with Crippen LogP contribution in [0.3, 0.4) is 0 Å². The van der Waals surface area contributed by atoms with Crippen molar-refractivity contribution in [3.63, 3.8) is 0 Å². The third-order valence-corrected chi connectivity index (χ3v) is 4.33. The topological polar surface area (TPSA) is 29.9 Å². The summed E-state index contributed by atoms with van der Waals surface area (Å²) in [6.45, 7) is 6.91. The second-order valence-electron chi connectivity index (χ2n) is 7.53. The van der Waals surface area contributed by atoms with Crippen LogP contribution >= 0.6 is 0 Å². The zero-order valence-electron chi connectivity index (χ0n) is 13.7. The zero-order valence-corrected chi connectivity index (χ0v) is 13.7. The third-order valence-electron chi connectivity index (χ3n) is 4.33. The Balaban J connectivity index is 1.94. The molecule has 114 valence electrons. The normalized spacial score (nSPS) is 19.2. The van der Waals surface area contributed by atoms with Crippen molar-refractivity contribution in [2.75, 3.05) is 7.05 Å². The third kappa shape index (κ3) is 4.62. The molecular weight excluding hydrogens is 246 g/mol. The minimum absolute atomic E-state index is 0.361. The molecule has 3 nitrogen and oxygen atoms in total. The van der Waals surface area contributed by atoms with E-state index in [0.717, 1.165) is 6.42 Å². The SMILES string of the molecule is CNC(Cc1ccn(C2CCCCC2)n1)CC(C)(C)C. The van der Waals surface area contributed by atoms with E-state index >= 15 is 0 Å². The number of aromatic nitrogens is 2. The van der Waals surface area contributed by atoms with Gasteiger partial charge >= 0.3 is 0 Å². The predicted octanol–water partition coefficient (Wildman–Crippen LogP) is 3.96. The Morgan fingerprint density at radius 3 is 2.60 bits per heavy atom. The first kappa shape index (κ1) is 15.6. The first-order valence-electron chi connectivity index (χ1n) is 8.19. The Bertz CT molecular complexity index is 397. The molecule has 20 heavy (non-hydrogen) atoms. The number of rotatable bonds is 5. The van der Waals surface area contributed by atoms with Crippen LogP contribution in [0.4, 0.5) is 0 Å². The van der Waals surface area contributed by atoms with Gasteiger partial charge in [-0.3, -0.25) is 4.68 Å². The summed E-state index contributed by atoms with van der Waals surface area (Å²) < 4.78 is 2.22. The number of nitrogens with one attached hydrogen (secondary N) is 1. The van der Waals surface area contributed by atoms with Crippen LogP contribution in [0.1, 0.15) is 71.0 Å². The van der Waals surface area contributed by atoms with Gasteiger partial charge in [-0.2, -0.15) is 5.10 Å². The number of hydrogen-bond donors (Lipinski definition) is 1. The van der Waals surface area contributed by atoms with Gasteiger partial charge in [-0.05, 0) is 37.8 Å². The second-order valence-corrected chi connectivity index (χ2v) is 7.53. The number of likely N-dealkylation sites (N-methyl/N-ethyl adjacent to an activating group) is 1. The van der Waals surface area contributed by atoms with Crippen molar-refractivity contribution in [3.8, 4) is 0 Å². The van der Waals surface area contributed by atoms with Crippen LogP contribution in [0, 0.1) is 5.41 Å². The molecule has 2 rings (SSSR count). The van der Waals surface area contributed by atoms with Crippen LogP contribution < -0.4 is 5.32 Å². The smallest absolute Gasteiger partial charge is 0.0640 e. The lowest BCUT2D eigenvalue weighted by molar-refractivity contribution is 0.310. The van der Waals surface area contributed by atoms with E-state index in [0.29, 0.717) is 17.5 Å². The highest BCUT2D eigenvalue weighted by atomic mass is 15.3. The lowest BCUT2D eigenvalue weighted by Crippen LogP contribution is -2.32. The maximum atomic E-state index is 4.83. The van der Waals surface area contributed by atoms with Crippen LogP contribution in [-0.2, 0) is 6.42 Å². The Morgan fingerprint density at radius 2 is 2.00 bits per heavy atom. The van der Waals surface area contributed by atoms with E-state index in [4.69, 9.17) is 5.10 Å². The average molecular weight is 277 g/mol. The highest BCUT2D eigenvalue weighted by molar-refractivity contribution is 5.03. The van der Waals surface area contributed by atoms with E-state index in [1.54, 1.807) is 0 Å². The molecule has 0 amide bonds. The Labute approximate surface area is 124 Å². The van der Waals surface area contributed by atoms with Crippen LogP contribution in [-0.4, -0.2) is 22.9 Å². The van der Waals surface area contributed by atoms with Crippen LogP contribution in [0.5, 0.6) is 0 Å². The number of hydrogen-bond acceptors (Lipinski definition) is 2. The van der Waals surface area contributed by atoms with E-state index in [1.165, 1.54) is 44.2 Å². The fourth-order valence-electron chi connectivity index (χ4n) is 3.30. The molecule has 1 fully saturated rings. The largest absolute Gasteiger partial charge is 0.317 e. The molecule has 0 bridgehead atoms. The zero-order chi connectivity index (χ0) is 14.6. The summed E-state index contributed by atoms with van der Waals surface area (Å²) in [5.41, 5.74) is 1.60. The molecule has 3 heteroatoms. The van der Waals surface area contributed by atoms with E-state index < -0.39 is 0 Å². The average Bonchev–Trinajstić information content (AvgIpc) is 2.86. The van der Waals surface area contributed by atoms with Crippen molar-refractivity contribution in [1.82, 2.24) is 15.1 Å². The standard InChI is InChI=1S/C17H31N3/c1-17(2,3)13-15(18-4)12-14-10-11-20(19-14)16-8-6-5-7-9-16/h10-11,15-16,18H,5-9,12-13H2,1-4H3. The van der Waals surface area contributed by atoms with Crippen molar-refractivity contribution >= 4 is 0 Å². The van der Waals surface area contributed by atoms with Crippen molar-refractivity contribution in [2.45, 2.75) is 77.8 Å². The molecule has 1 heterocycles. The Morgan fingerprint density at radius 1 is 1.30 bits per heavy atom. The second kappa shape index (κ2) is 6.75. The fraction of sp³-hybridized carbons (Fsp3) is 0.824. The summed E-state index contributed by atoms with van der Waals surface area (Å²) in [6.07, 6.45) is 11.1. The van der Waals surface area contributed by atoms with Gasteiger partial charge in [-0.15, -0.1) is 0 Å². The van der Waals surface area contributed by atoms with Crippen LogP contribution in [0.15, 0.2) is 12.3 Å².